The highest BCUT2D eigenvalue weighted by molar-refractivity contribution is 5.69. The fraction of sp³-hybridized carbons (Fsp3) is 0.680. The van der Waals surface area contributed by atoms with Gasteiger partial charge in [-0.25, -0.2) is 9.97 Å². The summed E-state index contributed by atoms with van der Waals surface area (Å²) in [5.41, 5.74) is -0.130. The number of nitrogens with one attached hydrogen (secondary N) is 2. The highest BCUT2D eigenvalue weighted by Gasteiger charge is 2.22. The van der Waals surface area contributed by atoms with Crippen LogP contribution in [0.4, 0.5) is 17.3 Å². The van der Waals surface area contributed by atoms with Gasteiger partial charge in [0.2, 0.25) is 11.6 Å². The molecule has 184 valence electrons. The van der Waals surface area contributed by atoms with Gasteiger partial charge in [-0.2, -0.15) is 0 Å². The van der Waals surface area contributed by atoms with E-state index in [9.17, 15) is 10.1 Å². The second-order valence-corrected chi connectivity index (χ2v) is 8.63. The van der Waals surface area contributed by atoms with Crippen LogP contribution in [0.1, 0.15) is 103 Å². The van der Waals surface area contributed by atoms with Gasteiger partial charge in [0.1, 0.15) is 12.1 Å². The second-order valence-electron chi connectivity index (χ2n) is 8.63. The Morgan fingerprint density at radius 2 is 1.39 bits per heavy atom. The molecule has 0 fully saturated rings. The van der Waals surface area contributed by atoms with E-state index in [1.165, 1.54) is 83.4 Å². The van der Waals surface area contributed by atoms with Crippen molar-refractivity contribution in [1.82, 2.24) is 9.97 Å². The number of aromatic nitrogens is 2. The Labute approximate surface area is 198 Å². The molecule has 0 radical (unpaired) electrons. The van der Waals surface area contributed by atoms with Gasteiger partial charge in [0.05, 0.1) is 17.7 Å². The molecule has 0 bridgehead atoms. The molecule has 0 aliphatic heterocycles. The molecular formula is C25H41N5O3. The molecule has 2 heterocycles. The maximum atomic E-state index is 11.6. The van der Waals surface area contributed by atoms with E-state index in [0.717, 1.165) is 12.8 Å². The second kappa shape index (κ2) is 16.9. The van der Waals surface area contributed by atoms with Gasteiger partial charge in [-0.1, -0.05) is 90.4 Å². The Bertz CT molecular complexity index is 767. The van der Waals surface area contributed by atoms with Crippen molar-refractivity contribution in [2.45, 2.75) is 103 Å². The predicted molar refractivity (Wildman–Crippen MR) is 134 cm³/mol. The van der Waals surface area contributed by atoms with Crippen molar-refractivity contribution in [3.05, 3.63) is 40.6 Å². The van der Waals surface area contributed by atoms with Crippen molar-refractivity contribution in [3.8, 4) is 0 Å². The first kappa shape index (κ1) is 26.6. The molecular weight excluding hydrogens is 418 g/mol. The minimum absolute atomic E-state index is 0.130. The number of unbranched alkanes of at least 4 members (excludes halogenated alkanes) is 13. The van der Waals surface area contributed by atoms with Crippen LogP contribution in [-0.2, 0) is 6.54 Å². The van der Waals surface area contributed by atoms with Gasteiger partial charge < -0.3 is 15.1 Å². The Morgan fingerprint density at radius 1 is 0.848 bits per heavy atom. The molecule has 8 heteroatoms. The molecule has 2 aromatic heterocycles. The summed E-state index contributed by atoms with van der Waals surface area (Å²) in [5.74, 6) is 1.13. The lowest BCUT2D eigenvalue weighted by molar-refractivity contribution is -0.383. The molecule has 2 aromatic rings. The van der Waals surface area contributed by atoms with E-state index in [2.05, 4.69) is 27.5 Å². The van der Waals surface area contributed by atoms with Crippen molar-refractivity contribution in [3.63, 3.8) is 0 Å². The summed E-state index contributed by atoms with van der Waals surface area (Å²) in [6, 6.07) is 3.57. The molecule has 0 amide bonds. The monoisotopic (exact) mass is 459 g/mol. The lowest BCUT2D eigenvalue weighted by Crippen LogP contribution is -2.10. The maximum absolute atomic E-state index is 11.6. The van der Waals surface area contributed by atoms with Crippen molar-refractivity contribution in [1.29, 1.82) is 0 Å². The molecule has 8 nitrogen and oxygen atoms in total. The highest BCUT2D eigenvalue weighted by Crippen LogP contribution is 2.29. The molecule has 0 aliphatic rings. The number of furan rings is 1. The minimum atomic E-state index is -0.446. The number of anilines is 2. The molecule has 2 rings (SSSR count). The number of hydrogen-bond acceptors (Lipinski definition) is 7. The van der Waals surface area contributed by atoms with Gasteiger partial charge in [-0.15, -0.1) is 0 Å². The van der Waals surface area contributed by atoms with Crippen LogP contribution in [0, 0.1) is 10.1 Å². The Kier molecular flexibility index (Phi) is 13.6. The Hall–Kier alpha value is -2.64. The van der Waals surface area contributed by atoms with E-state index in [1.807, 2.05) is 0 Å². The van der Waals surface area contributed by atoms with Gasteiger partial charge >= 0.3 is 5.69 Å². The quantitative estimate of drug-likeness (QED) is 0.120. The summed E-state index contributed by atoms with van der Waals surface area (Å²) in [5, 5.41) is 17.7. The summed E-state index contributed by atoms with van der Waals surface area (Å²) in [6.45, 7) is 3.25. The van der Waals surface area contributed by atoms with Gasteiger partial charge in [-0.05, 0) is 18.6 Å². The van der Waals surface area contributed by atoms with Crippen LogP contribution < -0.4 is 10.6 Å². The Balaban J connectivity index is 1.55. The molecule has 0 spiro atoms. The molecule has 0 saturated heterocycles. The van der Waals surface area contributed by atoms with Crippen molar-refractivity contribution in [2.24, 2.45) is 0 Å². The maximum Gasteiger partial charge on any atom is 0.353 e. The molecule has 0 saturated carbocycles. The zero-order valence-corrected chi connectivity index (χ0v) is 20.2. The van der Waals surface area contributed by atoms with E-state index in [4.69, 9.17) is 4.42 Å². The highest BCUT2D eigenvalue weighted by atomic mass is 16.6. The van der Waals surface area contributed by atoms with Crippen molar-refractivity contribution < 1.29 is 9.34 Å². The summed E-state index contributed by atoms with van der Waals surface area (Å²) in [6.07, 6.45) is 21.2. The first-order valence-electron chi connectivity index (χ1n) is 12.7. The first-order chi connectivity index (χ1) is 16.2. The fourth-order valence-electron chi connectivity index (χ4n) is 3.92. The standard InChI is InChI=1S/C25H41N5O3/c1-2-3-4-5-6-7-8-9-10-11-12-13-14-15-18-26-24-23(30(31)32)25(29-21-28-24)27-20-22-17-16-19-33-22/h16-17,19,21H,2-15,18,20H2,1H3,(H2,26,27,28,29). The third kappa shape index (κ3) is 11.2. The van der Waals surface area contributed by atoms with Gasteiger partial charge in [0.15, 0.2) is 0 Å². The third-order valence-electron chi connectivity index (χ3n) is 5.84. The summed E-state index contributed by atoms with van der Waals surface area (Å²) in [7, 11) is 0. The molecule has 0 atom stereocenters. The van der Waals surface area contributed by atoms with Crippen LogP contribution in [0.25, 0.3) is 0 Å². The van der Waals surface area contributed by atoms with Gasteiger partial charge in [0, 0.05) is 6.54 Å². The van der Waals surface area contributed by atoms with Crippen LogP contribution in [0.2, 0.25) is 0 Å². The van der Waals surface area contributed by atoms with E-state index in [-0.39, 0.29) is 17.3 Å². The topological polar surface area (TPSA) is 106 Å². The lowest BCUT2D eigenvalue weighted by Gasteiger charge is -2.09. The van der Waals surface area contributed by atoms with Crippen molar-refractivity contribution in [2.75, 3.05) is 17.2 Å². The molecule has 0 unspecified atom stereocenters. The van der Waals surface area contributed by atoms with Crippen LogP contribution in [-0.4, -0.2) is 21.4 Å². The summed E-state index contributed by atoms with van der Waals surface area (Å²) < 4.78 is 5.25. The zero-order chi connectivity index (χ0) is 23.6. The number of nitrogens with zero attached hydrogens (tertiary/aromatic N) is 3. The molecule has 33 heavy (non-hydrogen) atoms. The molecule has 2 N–H and O–H groups in total. The number of nitro groups is 1. The average molecular weight is 460 g/mol. The molecule has 0 aliphatic carbocycles. The van der Waals surface area contributed by atoms with Crippen molar-refractivity contribution >= 4 is 17.3 Å². The van der Waals surface area contributed by atoms with Crippen LogP contribution in [0.15, 0.2) is 29.1 Å². The Morgan fingerprint density at radius 3 is 1.91 bits per heavy atom. The third-order valence-corrected chi connectivity index (χ3v) is 5.84. The SMILES string of the molecule is CCCCCCCCCCCCCCCCNc1ncnc(NCc2ccco2)c1[N+](=O)[O-]. The number of rotatable bonds is 20. The summed E-state index contributed by atoms with van der Waals surface area (Å²) in [4.78, 5) is 19.3. The van der Waals surface area contributed by atoms with Crippen LogP contribution >= 0.6 is 0 Å². The van der Waals surface area contributed by atoms with E-state index >= 15 is 0 Å². The van der Waals surface area contributed by atoms with Crippen LogP contribution in [0.5, 0.6) is 0 Å². The minimum Gasteiger partial charge on any atom is -0.467 e. The average Bonchev–Trinajstić information content (AvgIpc) is 3.34. The van der Waals surface area contributed by atoms with E-state index in [0.29, 0.717) is 18.8 Å². The summed E-state index contributed by atoms with van der Waals surface area (Å²) >= 11 is 0. The van der Waals surface area contributed by atoms with Gasteiger partial charge in [-0.3, -0.25) is 10.1 Å². The van der Waals surface area contributed by atoms with E-state index < -0.39 is 4.92 Å². The fourth-order valence-corrected chi connectivity index (χ4v) is 3.92. The first-order valence-corrected chi connectivity index (χ1v) is 12.7. The molecule has 0 aromatic carbocycles. The normalized spacial score (nSPS) is 10.9. The van der Waals surface area contributed by atoms with Crippen LogP contribution in [0.3, 0.4) is 0 Å². The smallest absolute Gasteiger partial charge is 0.353 e. The zero-order valence-electron chi connectivity index (χ0n) is 20.2. The number of hydrogen-bond donors (Lipinski definition) is 2. The largest absolute Gasteiger partial charge is 0.467 e. The van der Waals surface area contributed by atoms with E-state index in [1.54, 1.807) is 18.4 Å². The lowest BCUT2D eigenvalue weighted by atomic mass is 10.0. The predicted octanol–water partition coefficient (Wildman–Crippen LogP) is 7.48. The van der Waals surface area contributed by atoms with Gasteiger partial charge in [0.25, 0.3) is 0 Å².